The van der Waals surface area contributed by atoms with E-state index in [1.165, 1.54) is 13.2 Å². The fourth-order valence-corrected chi connectivity index (χ4v) is 5.46. The van der Waals surface area contributed by atoms with Crippen molar-refractivity contribution in [3.63, 3.8) is 0 Å². The van der Waals surface area contributed by atoms with Crippen molar-refractivity contribution in [3.05, 3.63) is 65.4 Å². The van der Waals surface area contributed by atoms with Gasteiger partial charge in [0, 0.05) is 17.8 Å². The van der Waals surface area contributed by atoms with Gasteiger partial charge in [0.25, 0.3) is 10.0 Å². The van der Waals surface area contributed by atoms with Gasteiger partial charge in [0.1, 0.15) is 5.60 Å². The van der Waals surface area contributed by atoms with Gasteiger partial charge in [-0.05, 0) is 57.7 Å². The fourth-order valence-electron chi connectivity index (χ4n) is 4.36. The molecule has 9 nitrogen and oxygen atoms in total. The van der Waals surface area contributed by atoms with Crippen molar-refractivity contribution in [1.29, 1.82) is 0 Å². The first-order chi connectivity index (χ1) is 17.9. The lowest BCUT2D eigenvalue weighted by Gasteiger charge is -2.26. The number of hydrazine groups is 1. The second kappa shape index (κ2) is 12.0. The molecule has 1 aliphatic rings. The number of ether oxygens (including phenoxy) is 2. The van der Waals surface area contributed by atoms with E-state index in [0.29, 0.717) is 23.1 Å². The molecule has 1 unspecified atom stereocenters. The Hall–Kier alpha value is -3.37. The number of amides is 1. The minimum atomic E-state index is -4.18. The molecular formula is C28H37N3O6S. The number of hydrogen-bond donors (Lipinski definition) is 2. The van der Waals surface area contributed by atoms with Crippen molar-refractivity contribution >= 4 is 22.1 Å². The van der Waals surface area contributed by atoms with Crippen molar-refractivity contribution in [1.82, 2.24) is 15.2 Å². The van der Waals surface area contributed by atoms with Crippen LogP contribution < -0.4 is 10.1 Å². The first kappa shape index (κ1) is 29.2. The number of rotatable bonds is 9. The van der Waals surface area contributed by atoms with Crippen LogP contribution in [0.4, 0.5) is 4.79 Å². The molecule has 1 amide bonds. The maximum absolute atomic E-state index is 13.0. The summed E-state index contributed by atoms with van der Waals surface area (Å²) in [5.41, 5.74) is 5.97. The zero-order chi connectivity index (χ0) is 28.1. The standard InChI is InChI=1S/C28H37N3O6S/c1-7-8-17-31-23(25(19(2)29-31)26(32)36-6)18-20-13-15-21(16-14-20)22-11-9-10-12-24(22)38(34,35)30-27(33)37-28(3,4)5/h9-16,23,29H,7-8,17-18H2,1-6H3,(H,30,33). The molecule has 1 aliphatic heterocycles. The van der Waals surface area contributed by atoms with Gasteiger partial charge in [-0.3, -0.25) is 0 Å². The van der Waals surface area contributed by atoms with Crippen LogP contribution in [0.5, 0.6) is 0 Å². The van der Waals surface area contributed by atoms with E-state index < -0.39 is 21.7 Å². The molecule has 3 rings (SSSR count). The molecule has 2 aromatic rings. The highest BCUT2D eigenvalue weighted by atomic mass is 32.2. The highest BCUT2D eigenvalue weighted by Crippen LogP contribution is 2.30. The van der Waals surface area contributed by atoms with Crippen LogP contribution in [0.2, 0.25) is 0 Å². The lowest BCUT2D eigenvalue weighted by Crippen LogP contribution is -2.42. The molecule has 0 saturated heterocycles. The molecule has 2 N–H and O–H groups in total. The van der Waals surface area contributed by atoms with Gasteiger partial charge in [-0.25, -0.2) is 27.7 Å². The second-order valence-corrected chi connectivity index (χ2v) is 11.9. The van der Waals surface area contributed by atoms with Crippen molar-refractivity contribution < 1.29 is 27.5 Å². The topological polar surface area (TPSA) is 114 Å². The number of sulfonamides is 1. The lowest BCUT2D eigenvalue weighted by molar-refractivity contribution is -0.136. The summed E-state index contributed by atoms with van der Waals surface area (Å²) in [6.07, 6.45) is 1.54. The Bertz CT molecular complexity index is 1300. The Kier molecular flexibility index (Phi) is 9.22. The molecule has 0 bridgehead atoms. The number of carbonyl (C=O) groups excluding carboxylic acids is 2. The van der Waals surface area contributed by atoms with Gasteiger partial charge >= 0.3 is 12.1 Å². The third-order valence-corrected chi connectivity index (χ3v) is 7.44. The number of nitrogens with zero attached hydrogens (tertiary/aromatic N) is 1. The zero-order valence-electron chi connectivity index (χ0n) is 22.8. The van der Waals surface area contributed by atoms with Gasteiger partial charge < -0.3 is 14.9 Å². The molecule has 38 heavy (non-hydrogen) atoms. The predicted octanol–water partition coefficient (Wildman–Crippen LogP) is 4.55. The van der Waals surface area contributed by atoms with E-state index in [1.54, 1.807) is 39.0 Å². The van der Waals surface area contributed by atoms with Crippen LogP contribution >= 0.6 is 0 Å². The number of unbranched alkanes of at least 4 members (excludes halogenated alkanes) is 1. The Morgan fingerprint density at radius 1 is 1.08 bits per heavy atom. The van der Waals surface area contributed by atoms with Crippen LogP contribution in [0.15, 0.2) is 64.7 Å². The summed E-state index contributed by atoms with van der Waals surface area (Å²) in [5.74, 6) is -0.354. The van der Waals surface area contributed by atoms with E-state index in [-0.39, 0.29) is 16.9 Å². The Morgan fingerprint density at radius 3 is 2.34 bits per heavy atom. The molecule has 0 spiro atoms. The van der Waals surface area contributed by atoms with Gasteiger partial charge in [0.2, 0.25) is 0 Å². The molecule has 1 atom stereocenters. The van der Waals surface area contributed by atoms with Crippen LogP contribution in [0.3, 0.4) is 0 Å². The first-order valence-corrected chi connectivity index (χ1v) is 14.1. The van der Waals surface area contributed by atoms with Gasteiger partial charge in [-0.15, -0.1) is 0 Å². The normalized spacial score (nSPS) is 16.2. The van der Waals surface area contributed by atoms with Crippen LogP contribution in [-0.4, -0.2) is 50.8 Å². The summed E-state index contributed by atoms with van der Waals surface area (Å²) in [7, 11) is -2.80. The van der Waals surface area contributed by atoms with E-state index in [0.717, 1.165) is 30.6 Å². The molecule has 10 heteroatoms. The maximum atomic E-state index is 13.0. The van der Waals surface area contributed by atoms with Crippen molar-refractivity contribution in [2.24, 2.45) is 0 Å². The Balaban J connectivity index is 1.86. The Morgan fingerprint density at radius 2 is 1.74 bits per heavy atom. The molecule has 0 radical (unpaired) electrons. The maximum Gasteiger partial charge on any atom is 0.421 e. The van der Waals surface area contributed by atoms with E-state index in [2.05, 4.69) is 17.4 Å². The van der Waals surface area contributed by atoms with E-state index >= 15 is 0 Å². The van der Waals surface area contributed by atoms with Crippen molar-refractivity contribution in [3.8, 4) is 11.1 Å². The van der Waals surface area contributed by atoms with Gasteiger partial charge in [-0.1, -0.05) is 55.8 Å². The molecule has 0 aliphatic carbocycles. The summed E-state index contributed by atoms with van der Waals surface area (Å²) in [6.45, 7) is 9.75. The molecule has 2 aromatic carbocycles. The summed E-state index contributed by atoms with van der Waals surface area (Å²) < 4.78 is 38.2. The first-order valence-electron chi connectivity index (χ1n) is 12.6. The Labute approximate surface area is 225 Å². The van der Waals surface area contributed by atoms with E-state index in [1.807, 2.05) is 35.9 Å². The third kappa shape index (κ3) is 7.14. The number of methoxy groups -OCH3 is 1. The molecule has 0 aromatic heterocycles. The predicted molar refractivity (Wildman–Crippen MR) is 145 cm³/mol. The highest BCUT2D eigenvalue weighted by Gasteiger charge is 2.35. The van der Waals surface area contributed by atoms with Gasteiger partial charge in [-0.2, -0.15) is 0 Å². The molecular weight excluding hydrogens is 506 g/mol. The minimum Gasteiger partial charge on any atom is -0.466 e. The quantitative estimate of drug-likeness (QED) is 0.443. The summed E-state index contributed by atoms with van der Waals surface area (Å²) in [6, 6.07) is 13.8. The third-order valence-electron chi connectivity index (χ3n) is 6.07. The largest absolute Gasteiger partial charge is 0.466 e. The number of carbonyl (C=O) groups is 2. The second-order valence-electron chi connectivity index (χ2n) is 10.2. The summed E-state index contributed by atoms with van der Waals surface area (Å²) >= 11 is 0. The minimum absolute atomic E-state index is 0.0316. The zero-order valence-corrected chi connectivity index (χ0v) is 23.6. The highest BCUT2D eigenvalue weighted by molar-refractivity contribution is 7.90. The number of allylic oxidation sites excluding steroid dienone is 1. The van der Waals surface area contributed by atoms with E-state index in [9.17, 15) is 18.0 Å². The summed E-state index contributed by atoms with van der Waals surface area (Å²) in [5, 5.41) is 2.07. The van der Waals surface area contributed by atoms with Crippen LogP contribution in [0, 0.1) is 0 Å². The molecule has 1 heterocycles. The fraction of sp³-hybridized carbons (Fsp3) is 0.429. The van der Waals surface area contributed by atoms with Crippen LogP contribution in [-0.2, 0) is 30.7 Å². The molecule has 206 valence electrons. The monoisotopic (exact) mass is 543 g/mol. The number of nitrogens with one attached hydrogen (secondary N) is 2. The van der Waals surface area contributed by atoms with Crippen molar-refractivity contribution in [2.75, 3.05) is 13.7 Å². The molecule has 0 saturated carbocycles. The van der Waals surface area contributed by atoms with Gasteiger partial charge in [0.15, 0.2) is 0 Å². The number of benzene rings is 2. The SMILES string of the molecule is CCCCN1NC(C)=C(C(=O)OC)C1Cc1ccc(-c2ccccc2S(=O)(=O)NC(=O)OC(C)(C)C)cc1. The summed E-state index contributed by atoms with van der Waals surface area (Å²) in [4.78, 5) is 24.7. The number of hydrogen-bond acceptors (Lipinski definition) is 8. The average molecular weight is 544 g/mol. The van der Waals surface area contributed by atoms with Crippen LogP contribution in [0.1, 0.15) is 53.0 Å². The van der Waals surface area contributed by atoms with Gasteiger partial charge in [0.05, 0.1) is 23.6 Å². The average Bonchev–Trinajstić information content (AvgIpc) is 3.15. The smallest absolute Gasteiger partial charge is 0.421 e. The van der Waals surface area contributed by atoms with Crippen molar-refractivity contribution in [2.45, 2.75) is 70.4 Å². The van der Waals surface area contributed by atoms with Crippen LogP contribution in [0.25, 0.3) is 11.1 Å². The number of esters is 1. The molecule has 0 fully saturated rings. The lowest BCUT2D eigenvalue weighted by atomic mass is 9.96. The van der Waals surface area contributed by atoms with E-state index in [4.69, 9.17) is 9.47 Å².